The van der Waals surface area contributed by atoms with Gasteiger partial charge in [-0.25, -0.2) is 0 Å². The number of aromatic nitrogens is 1. The standard InChI is InChI=1S/C27H28N4O5/c1-29-15-19-22(17-7-5-4-6-8-17)27(18-11-9-16(14-28)10-12-18)26(32,24(19)31-33)23-20(36-27)13-21(34-2)30-25(23)35-3/h4-13,19,22,24,29,31-33H,15H2,1-3H3/t19-,22-,24-,26+,27+/m1/s1. The molecule has 2 aromatic carbocycles. The molecule has 1 saturated carbocycles. The van der Waals surface area contributed by atoms with Gasteiger partial charge in [-0.05, 0) is 30.3 Å². The summed E-state index contributed by atoms with van der Waals surface area (Å²) in [6, 6.07) is 19.6. The van der Waals surface area contributed by atoms with Crippen LogP contribution in [-0.4, -0.2) is 49.2 Å². The number of methoxy groups -OCH3 is 2. The number of hydroxylamine groups is 1. The Bertz CT molecular complexity index is 1300. The van der Waals surface area contributed by atoms with Crippen LogP contribution in [-0.2, 0) is 11.2 Å². The fourth-order valence-corrected chi connectivity index (χ4v) is 6.14. The molecule has 9 heteroatoms. The minimum absolute atomic E-state index is 0.138. The third-order valence-electron chi connectivity index (χ3n) is 7.47. The number of rotatable bonds is 7. The molecule has 1 aromatic heterocycles. The van der Waals surface area contributed by atoms with E-state index in [4.69, 9.17) is 14.2 Å². The van der Waals surface area contributed by atoms with Crippen molar-refractivity contribution in [2.75, 3.05) is 27.8 Å². The lowest BCUT2D eigenvalue weighted by Gasteiger charge is -2.41. The molecule has 4 N–H and O–H groups in total. The van der Waals surface area contributed by atoms with Gasteiger partial charge < -0.3 is 29.8 Å². The molecule has 0 unspecified atom stereocenters. The summed E-state index contributed by atoms with van der Waals surface area (Å²) < 4.78 is 17.8. The Balaban J connectivity index is 1.88. The smallest absolute Gasteiger partial charge is 0.226 e. The summed E-state index contributed by atoms with van der Waals surface area (Å²) in [5.74, 6) is -0.0188. The highest BCUT2D eigenvalue weighted by Gasteiger charge is 2.77. The van der Waals surface area contributed by atoms with Gasteiger partial charge in [-0.2, -0.15) is 15.7 Å². The van der Waals surface area contributed by atoms with Crippen molar-refractivity contribution in [2.45, 2.75) is 23.2 Å². The van der Waals surface area contributed by atoms with Crippen LogP contribution in [0.3, 0.4) is 0 Å². The maximum atomic E-state index is 12.9. The van der Waals surface area contributed by atoms with Gasteiger partial charge in [-0.15, -0.1) is 0 Å². The average Bonchev–Trinajstić information content (AvgIpc) is 3.30. The van der Waals surface area contributed by atoms with E-state index in [2.05, 4.69) is 21.9 Å². The minimum Gasteiger partial charge on any atom is -0.481 e. The molecule has 5 rings (SSSR count). The van der Waals surface area contributed by atoms with E-state index in [-0.39, 0.29) is 17.7 Å². The van der Waals surface area contributed by atoms with Gasteiger partial charge in [-0.1, -0.05) is 42.5 Å². The number of benzene rings is 2. The second kappa shape index (κ2) is 9.08. The van der Waals surface area contributed by atoms with Crippen molar-refractivity contribution in [3.8, 4) is 23.6 Å². The SMILES string of the molecule is CNC[C@H]1[C@@H](NO)[C@@]2(O)c3c(cc(OC)nc3OC)O[C@@]2(c2ccc(C#N)cc2)[C@@H]1c1ccccc1. The molecule has 2 heterocycles. The number of ether oxygens (including phenoxy) is 3. The van der Waals surface area contributed by atoms with E-state index >= 15 is 0 Å². The third kappa shape index (κ3) is 3.13. The molecule has 0 bridgehead atoms. The predicted molar refractivity (Wildman–Crippen MR) is 130 cm³/mol. The van der Waals surface area contributed by atoms with Crippen molar-refractivity contribution in [1.82, 2.24) is 15.8 Å². The number of pyridine rings is 1. The minimum atomic E-state index is -1.82. The Kier molecular flexibility index (Phi) is 6.06. The molecule has 36 heavy (non-hydrogen) atoms. The Morgan fingerprint density at radius 1 is 1.11 bits per heavy atom. The Morgan fingerprint density at radius 3 is 2.42 bits per heavy atom. The fourth-order valence-electron chi connectivity index (χ4n) is 6.14. The average molecular weight is 489 g/mol. The van der Waals surface area contributed by atoms with Crippen molar-refractivity contribution in [1.29, 1.82) is 5.26 Å². The Labute approximate surface area is 209 Å². The van der Waals surface area contributed by atoms with E-state index in [1.165, 1.54) is 14.2 Å². The molecule has 1 fully saturated rings. The van der Waals surface area contributed by atoms with Crippen LogP contribution >= 0.6 is 0 Å². The van der Waals surface area contributed by atoms with Gasteiger partial charge >= 0.3 is 0 Å². The van der Waals surface area contributed by atoms with Gasteiger partial charge in [-0.3, -0.25) is 0 Å². The maximum Gasteiger partial charge on any atom is 0.226 e. The largest absolute Gasteiger partial charge is 0.481 e. The van der Waals surface area contributed by atoms with Gasteiger partial charge in [0.1, 0.15) is 5.75 Å². The second-order valence-corrected chi connectivity index (χ2v) is 9.06. The van der Waals surface area contributed by atoms with Crippen molar-refractivity contribution >= 4 is 0 Å². The van der Waals surface area contributed by atoms with Crippen LogP contribution in [0.15, 0.2) is 60.7 Å². The monoisotopic (exact) mass is 488 g/mol. The first-order valence-electron chi connectivity index (χ1n) is 11.6. The van der Waals surface area contributed by atoms with Crippen molar-refractivity contribution in [3.63, 3.8) is 0 Å². The molecular weight excluding hydrogens is 460 g/mol. The lowest BCUT2D eigenvalue weighted by Crippen LogP contribution is -2.55. The van der Waals surface area contributed by atoms with E-state index in [1.807, 2.05) is 37.4 Å². The number of hydrogen-bond acceptors (Lipinski definition) is 9. The van der Waals surface area contributed by atoms with Crippen molar-refractivity contribution in [3.05, 3.63) is 82.9 Å². The highest BCUT2D eigenvalue weighted by atomic mass is 16.5. The maximum absolute atomic E-state index is 12.9. The van der Waals surface area contributed by atoms with Gasteiger partial charge in [0, 0.05) is 24.4 Å². The molecule has 0 spiro atoms. The topological polar surface area (TPSA) is 129 Å². The number of hydrogen-bond donors (Lipinski definition) is 4. The molecule has 1 aliphatic carbocycles. The zero-order valence-electron chi connectivity index (χ0n) is 20.2. The fraction of sp³-hybridized carbons (Fsp3) is 0.333. The van der Waals surface area contributed by atoms with Gasteiger partial charge in [0.15, 0.2) is 11.2 Å². The molecule has 186 valence electrons. The highest BCUT2D eigenvalue weighted by molar-refractivity contribution is 5.60. The lowest BCUT2D eigenvalue weighted by molar-refractivity contribution is -0.132. The number of aliphatic hydroxyl groups is 1. The number of nitrogens with zero attached hydrogens (tertiary/aromatic N) is 2. The molecular formula is C27H28N4O5. The molecule has 0 radical (unpaired) electrons. The lowest BCUT2D eigenvalue weighted by atomic mass is 9.70. The summed E-state index contributed by atoms with van der Waals surface area (Å²) in [4.78, 5) is 4.42. The van der Waals surface area contributed by atoms with E-state index in [1.54, 1.807) is 30.3 Å². The van der Waals surface area contributed by atoms with E-state index in [0.29, 0.717) is 29.0 Å². The van der Waals surface area contributed by atoms with E-state index in [9.17, 15) is 15.6 Å². The van der Waals surface area contributed by atoms with Crippen LogP contribution in [0.4, 0.5) is 0 Å². The quantitative estimate of drug-likeness (QED) is 0.371. The number of nitrogens with one attached hydrogen (secondary N) is 2. The van der Waals surface area contributed by atoms with Crippen molar-refractivity contribution in [2.24, 2.45) is 5.92 Å². The molecule has 1 aliphatic heterocycles. The van der Waals surface area contributed by atoms with E-state index in [0.717, 1.165) is 5.56 Å². The van der Waals surface area contributed by atoms with Crippen LogP contribution in [0.25, 0.3) is 0 Å². The Hall–Kier alpha value is -3.68. The first kappa shape index (κ1) is 24.0. The molecule has 5 atom stereocenters. The molecule has 2 aliphatic rings. The second-order valence-electron chi connectivity index (χ2n) is 9.06. The summed E-state index contributed by atoms with van der Waals surface area (Å²) in [6.45, 7) is 0.461. The van der Waals surface area contributed by atoms with Crippen molar-refractivity contribution < 1.29 is 24.5 Å². The van der Waals surface area contributed by atoms with Crippen LogP contribution in [0.5, 0.6) is 17.5 Å². The normalized spacial score (nSPS) is 28.1. The number of nitriles is 1. The summed E-state index contributed by atoms with van der Waals surface area (Å²) in [5, 5.41) is 36.0. The summed E-state index contributed by atoms with van der Waals surface area (Å²) in [6.07, 6.45) is 0. The summed E-state index contributed by atoms with van der Waals surface area (Å²) in [5.41, 5.74) is 1.55. The zero-order chi connectivity index (χ0) is 25.5. The predicted octanol–water partition coefficient (Wildman–Crippen LogP) is 2.43. The zero-order valence-corrected chi connectivity index (χ0v) is 20.2. The molecule has 3 aromatic rings. The summed E-state index contributed by atoms with van der Waals surface area (Å²) >= 11 is 0. The van der Waals surface area contributed by atoms with E-state index < -0.39 is 23.2 Å². The van der Waals surface area contributed by atoms with Gasteiger partial charge in [0.25, 0.3) is 0 Å². The first-order chi connectivity index (χ1) is 17.5. The molecule has 0 saturated heterocycles. The summed E-state index contributed by atoms with van der Waals surface area (Å²) in [7, 11) is 4.77. The first-order valence-corrected chi connectivity index (χ1v) is 11.6. The van der Waals surface area contributed by atoms with Gasteiger partial charge in [0.2, 0.25) is 11.8 Å². The van der Waals surface area contributed by atoms with Crippen LogP contribution in [0.1, 0.15) is 28.2 Å². The number of fused-ring (bicyclic) bond motifs is 3. The van der Waals surface area contributed by atoms with Crippen LogP contribution in [0, 0.1) is 17.2 Å². The van der Waals surface area contributed by atoms with Gasteiger partial charge in [0.05, 0.1) is 37.5 Å². The molecule has 9 nitrogen and oxygen atoms in total. The van der Waals surface area contributed by atoms with Crippen LogP contribution < -0.4 is 25.0 Å². The molecule has 0 amide bonds. The van der Waals surface area contributed by atoms with Crippen LogP contribution in [0.2, 0.25) is 0 Å². The highest BCUT2D eigenvalue weighted by Crippen LogP contribution is 2.69. The Morgan fingerprint density at radius 2 is 1.83 bits per heavy atom. The third-order valence-corrected chi connectivity index (χ3v) is 7.47.